The summed E-state index contributed by atoms with van der Waals surface area (Å²) in [5, 5.41) is 0. The Morgan fingerprint density at radius 1 is 1.14 bits per heavy atom. The van der Waals surface area contributed by atoms with Crippen LogP contribution in [-0.2, 0) is 16.2 Å². The van der Waals surface area contributed by atoms with Crippen molar-refractivity contribution in [1.29, 1.82) is 0 Å². The first kappa shape index (κ1) is 17.7. The summed E-state index contributed by atoms with van der Waals surface area (Å²) in [5.41, 5.74) is 3.04. The van der Waals surface area contributed by atoms with Gasteiger partial charge in [-0.1, -0.05) is 0 Å². The molecule has 4 nitrogen and oxygen atoms in total. The largest absolute Gasteiger partial charge is 0.419 e. The van der Waals surface area contributed by atoms with E-state index in [0.29, 0.717) is 6.07 Å². The number of hydrogen-bond donors (Lipinski definition) is 2. The van der Waals surface area contributed by atoms with Gasteiger partial charge in [0.25, 0.3) is 5.92 Å². The van der Waals surface area contributed by atoms with Crippen LogP contribution in [0.5, 0.6) is 0 Å². The molecule has 0 radical (unpaired) electrons. The molecule has 0 saturated carbocycles. The van der Waals surface area contributed by atoms with Crippen LogP contribution in [0.2, 0.25) is 0 Å². The monoisotopic (exact) mass is 336 g/mol. The summed E-state index contributed by atoms with van der Waals surface area (Å²) < 4.78 is 100. The van der Waals surface area contributed by atoms with Gasteiger partial charge in [0.2, 0.25) is 10.0 Å². The van der Waals surface area contributed by atoms with Crippen LogP contribution in [0.15, 0.2) is 23.1 Å². The third-order valence-corrected chi connectivity index (χ3v) is 3.77. The fraction of sp³-hybridized carbons (Fsp3) is 0.400. The number of halogens is 6. The summed E-state index contributed by atoms with van der Waals surface area (Å²) in [4.78, 5) is -0.902. The smallest absolute Gasteiger partial charge is 0.325 e. The highest BCUT2D eigenvalue weighted by Crippen LogP contribution is 2.32. The third kappa shape index (κ3) is 4.58. The third-order valence-electron chi connectivity index (χ3n) is 2.38. The van der Waals surface area contributed by atoms with Crippen molar-refractivity contribution in [2.75, 3.05) is 13.1 Å². The SMILES string of the molecule is NCC(F)(F)CNS(=O)(=O)c1ccc(C(F)(F)F)c(F)c1. The summed E-state index contributed by atoms with van der Waals surface area (Å²) >= 11 is 0. The van der Waals surface area contributed by atoms with Crippen molar-refractivity contribution in [3.63, 3.8) is 0 Å². The molecule has 0 bridgehead atoms. The van der Waals surface area contributed by atoms with E-state index in [9.17, 15) is 34.8 Å². The Balaban J connectivity index is 3.03. The minimum atomic E-state index is -4.99. The lowest BCUT2D eigenvalue weighted by Gasteiger charge is -2.15. The van der Waals surface area contributed by atoms with E-state index in [1.165, 1.54) is 4.72 Å². The van der Waals surface area contributed by atoms with Gasteiger partial charge in [-0.3, -0.25) is 0 Å². The average molecular weight is 336 g/mol. The Bertz CT molecular complexity index is 614. The van der Waals surface area contributed by atoms with Crippen molar-refractivity contribution < 1.29 is 34.8 Å². The number of alkyl halides is 5. The molecule has 0 amide bonds. The van der Waals surface area contributed by atoms with Gasteiger partial charge in [-0.2, -0.15) is 13.2 Å². The first-order chi connectivity index (χ1) is 9.39. The molecule has 0 fully saturated rings. The zero-order valence-corrected chi connectivity index (χ0v) is 11.0. The van der Waals surface area contributed by atoms with Crippen molar-refractivity contribution in [1.82, 2.24) is 4.72 Å². The van der Waals surface area contributed by atoms with Crippen LogP contribution in [0.4, 0.5) is 26.3 Å². The zero-order chi connectivity index (χ0) is 16.5. The molecule has 1 rings (SSSR count). The summed E-state index contributed by atoms with van der Waals surface area (Å²) in [6, 6.07) is 0.783. The molecule has 0 atom stereocenters. The van der Waals surface area contributed by atoms with Gasteiger partial charge in [-0.05, 0) is 18.2 Å². The van der Waals surface area contributed by atoms with Gasteiger partial charge < -0.3 is 5.73 Å². The van der Waals surface area contributed by atoms with Crippen LogP contribution in [0.3, 0.4) is 0 Å². The van der Waals surface area contributed by atoms with E-state index in [1.807, 2.05) is 0 Å². The Kier molecular flexibility index (Phi) is 4.90. The van der Waals surface area contributed by atoms with Crippen LogP contribution in [0.25, 0.3) is 0 Å². The first-order valence-corrected chi connectivity index (χ1v) is 6.82. The van der Waals surface area contributed by atoms with Gasteiger partial charge in [0.1, 0.15) is 5.82 Å². The Morgan fingerprint density at radius 2 is 1.71 bits per heavy atom. The van der Waals surface area contributed by atoms with E-state index in [-0.39, 0.29) is 12.1 Å². The van der Waals surface area contributed by atoms with Crippen molar-refractivity contribution >= 4 is 10.0 Å². The van der Waals surface area contributed by atoms with E-state index in [4.69, 9.17) is 5.73 Å². The highest BCUT2D eigenvalue weighted by atomic mass is 32.2. The predicted molar refractivity (Wildman–Crippen MR) is 60.6 cm³/mol. The van der Waals surface area contributed by atoms with Crippen LogP contribution >= 0.6 is 0 Å². The molecule has 0 unspecified atom stereocenters. The number of sulfonamides is 1. The molecular formula is C10H10F6N2O2S. The maximum absolute atomic E-state index is 13.2. The minimum Gasteiger partial charge on any atom is -0.325 e. The Labute approximate surface area is 116 Å². The maximum Gasteiger partial charge on any atom is 0.419 e. The number of nitrogens with one attached hydrogen (secondary N) is 1. The Hall–Kier alpha value is -1.33. The molecule has 0 spiro atoms. The highest BCUT2D eigenvalue weighted by Gasteiger charge is 2.35. The van der Waals surface area contributed by atoms with Gasteiger partial charge in [0.05, 0.1) is 23.5 Å². The molecule has 1 aromatic rings. The van der Waals surface area contributed by atoms with Gasteiger partial charge in [0, 0.05) is 0 Å². The summed E-state index contributed by atoms with van der Waals surface area (Å²) in [5.74, 6) is -5.35. The lowest BCUT2D eigenvalue weighted by Crippen LogP contribution is -2.41. The normalized spacial score (nSPS) is 13.5. The number of nitrogens with two attached hydrogens (primary N) is 1. The topological polar surface area (TPSA) is 72.2 Å². The molecule has 0 aromatic heterocycles. The molecule has 0 heterocycles. The van der Waals surface area contributed by atoms with E-state index in [0.717, 1.165) is 0 Å². The number of rotatable bonds is 5. The van der Waals surface area contributed by atoms with E-state index in [1.54, 1.807) is 0 Å². The molecular weight excluding hydrogens is 326 g/mol. The van der Waals surface area contributed by atoms with Gasteiger partial charge in [-0.15, -0.1) is 0 Å². The van der Waals surface area contributed by atoms with E-state index in [2.05, 4.69) is 0 Å². The number of hydrogen-bond acceptors (Lipinski definition) is 3. The molecule has 21 heavy (non-hydrogen) atoms. The molecule has 11 heteroatoms. The fourth-order valence-electron chi connectivity index (χ4n) is 1.25. The average Bonchev–Trinajstić information content (AvgIpc) is 2.35. The van der Waals surface area contributed by atoms with Crippen molar-refractivity contribution in [3.8, 4) is 0 Å². The molecule has 3 N–H and O–H groups in total. The number of benzene rings is 1. The van der Waals surface area contributed by atoms with Gasteiger partial charge >= 0.3 is 6.18 Å². The maximum atomic E-state index is 13.2. The second-order valence-corrected chi connectivity index (χ2v) is 5.79. The second kappa shape index (κ2) is 5.81. The highest BCUT2D eigenvalue weighted by molar-refractivity contribution is 7.89. The van der Waals surface area contributed by atoms with Crippen LogP contribution in [0.1, 0.15) is 5.56 Å². The first-order valence-electron chi connectivity index (χ1n) is 5.33. The molecule has 0 aliphatic rings. The molecule has 1 aromatic carbocycles. The van der Waals surface area contributed by atoms with Gasteiger partial charge in [0.15, 0.2) is 0 Å². The summed E-state index contributed by atoms with van der Waals surface area (Å²) in [6.45, 7) is -2.48. The van der Waals surface area contributed by atoms with Crippen LogP contribution < -0.4 is 10.5 Å². The Morgan fingerprint density at radius 3 is 2.14 bits per heavy atom. The predicted octanol–water partition coefficient (Wildman–Crippen LogP) is 1.72. The van der Waals surface area contributed by atoms with Crippen molar-refractivity contribution in [3.05, 3.63) is 29.6 Å². The quantitative estimate of drug-likeness (QED) is 0.804. The lowest BCUT2D eigenvalue weighted by atomic mass is 10.2. The lowest BCUT2D eigenvalue weighted by molar-refractivity contribution is -0.140. The standard InChI is InChI=1S/C10H10F6N2O2S/c11-8-3-6(1-2-7(8)10(14,15)16)21(19,20)18-5-9(12,13)4-17/h1-3,18H,4-5,17H2. The van der Waals surface area contributed by atoms with Crippen molar-refractivity contribution in [2.24, 2.45) is 5.73 Å². The zero-order valence-electron chi connectivity index (χ0n) is 10.2. The van der Waals surface area contributed by atoms with E-state index < -0.39 is 51.5 Å². The molecule has 0 aliphatic carbocycles. The second-order valence-electron chi connectivity index (χ2n) is 4.02. The summed E-state index contributed by atoms with van der Waals surface area (Å²) in [7, 11) is -4.58. The van der Waals surface area contributed by atoms with Gasteiger partial charge in [-0.25, -0.2) is 26.3 Å². The van der Waals surface area contributed by atoms with Crippen LogP contribution in [-0.4, -0.2) is 27.4 Å². The molecule has 0 aliphatic heterocycles. The summed E-state index contributed by atoms with van der Waals surface area (Å²) in [6.07, 6.45) is -4.99. The fourth-order valence-corrected chi connectivity index (χ4v) is 2.32. The van der Waals surface area contributed by atoms with E-state index >= 15 is 0 Å². The van der Waals surface area contributed by atoms with Crippen molar-refractivity contribution in [2.45, 2.75) is 17.0 Å². The van der Waals surface area contributed by atoms with Crippen LogP contribution in [0, 0.1) is 5.82 Å². The molecule has 0 saturated heterocycles. The minimum absolute atomic E-state index is 0.103. The molecule has 120 valence electrons.